The lowest BCUT2D eigenvalue weighted by Gasteiger charge is -2.19. The molecule has 34 heavy (non-hydrogen) atoms. The Balaban J connectivity index is 1.70. The fraction of sp³-hybridized carbons (Fsp3) is 0.240. The molecule has 3 N–H and O–H groups in total. The molecule has 180 valence electrons. The van der Waals surface area contributed by atoms with Crippen LogP contribution in [0.3, 0.4) is 0 Å². The summed E-state index contributed by atoms with van der Waals surface area (Å²) in [5.74, 6) is -0.748. The van der Waals surface area contributed by atoms with Crippen LogP contribution < -0.4 is 10.0 Å². The molecule has 0 aromatic heterocycles. The number of hydrogen-bond acceptors (Lipinski definition) is 4. The topological polar surface area (TPSA) is 95.5 Å². The Morgan fingerprint density at radius 2 is 1.74 bits per heavy atom. The summed E-state index contributed by atoms with van der Waals surface area (Å²) < 4.78 is 28.4. The van der Waals surface area contributed by atoms with Gasteiger partial charge in [0.05, 0.1) is 10.5 Å². The summed E-state index contributed by atoms with van der Waals surface area (Å²) in [4.78, 5) is 11.6. The van der Waals surface area contributed by atoms with Gasteiger partial charge in [0, 0.05) is 35.6 Å². The van der Waals surface area contributed by atoms with Crippen LogP contribution >= 0.6 is 23.2 Å². The number of para-hydroxylation sites is 1. The third-order valence-electron chi connectivity index (χ3n) is 5.41. The van der Waals surface area contributed by atoms with Gasteiger partial charge in [-0.25, -0.2) is 17.9 Å². The number of benzene rings is 3. The van der Waals surface area contributed by atoms with Gasteiger partial charge in [-0.2, -0.15) is 0 Å². The largest absolute Gasteiger partial charge is 0.478 e. The first-order chi connectivity index (χ1) is 16.3. The normalized spacial score (nSPS) is 12.3. The van der Waals surface area contributed by atoms with Gasteiger partial charge in [0.2, 0.25) is 10.0 Å². The zero-order chi connectivity index (χ0) is 24.6. The van der Waals surface area contributed by atoms with Gasteiger partial charge in [-0.15, -0.1) is 11.6 Å². The van der Waals surface area contributed by atoms with E-state index in [0.29, 0.717) is 36.0 Å². The molecule has 0 saturated heterocycles. The van der Waals surface area contributed by atoms with E-state index in [9.17, 15) is 18.3 Å². The van der Waals surface area contributed by atoms with E-state index >= 15 is 0 Å². The van der Waals surface area contributed by atoms with Crippen LogP contribution in [0.4, 0.5) is 5.69 Å². The maximum Gasteiger partial charge on any atom is 0.337 e. The molecule has 0 amide bonds. The highest BCUT2D eigenvalue weighted by atomic mass is 35.5. The minimum atomic E-state index is -3.70. The van der Waals surface area contributed by atoms with Crippen LogP contribution in [0.5, 0.6) is 0 Å². The molecule has 0 bridgehead atoms. The SMILES string of the molecule is O=C(O)c1ccccc1NCC(CCCl)c1cccc(S(=O)(=O)NCCc2ccc(Cl)cc2)c1. The molecule has 0 fully saturated rings. The number of aromatic carboxylic acids is 1. The molecule has 0 heterocycles. The van der Waals surface area contributed by atoms with Crippen molar-refractivity contribution in [1.29, 1.82) is 0 Å². The third-order valence-corrected chi connectivity index (χ3v) is 7.34. The average molecular weight is 521 g/mol. The van der Waals surface area contributed by atoms with Crippen molar-refractivity contribution in [3.8, 4) is 0 Å². The van der Waals surface area contributed by atoms with Crippen molar-refractivity contribution in [2.45, 2.75) is 23.7 Å². The number of carbonyl (C=O) groups is 1. The summed E-state index contributed by atoms with van der Waals surface area (Å²) in [6, 6.07) is 20.7. The maximum atomic E-state index is 12.9. The van der Waals surface area contributed by atoms with E-state index in [1.807, 2.05) is 18.2 Å². The lowest BCUT2D eigenvalue weighted by molar-refractivity contribution is 0.0698. The lowest BCUT2D eigenvalue weighted by Crippen LogP contribution is -2.26. The van der Waals surface area contributed by atoms with E-state index in [0.717, 1.165) is 11.1 Å². The first-order valence-corrected chi connectivity index (χ1v) is 13.2. The van der Waals surface area contributed by atoms with Crippen LogP contribution in [0, 0.1) is 0 Å². The number of anilines is 1. The third kappa shape index (κ3) is 7.21. The molecule has 1 atom stereocenters. The zero-order valence-electron chi connectivity index (χ0n) is 18.4. The first kappa shape index (κ1) is 26.0. The van der Waals surface area contributed by atoms with Crippen molar-refractivity contribution in [2.24, 2.45) is 0 Å². The van der Waals surface area contributed by atoms with Crippen molar-refractivity contribution in [3.63, 3.8) is 0 Å². The van der Waals surface area contributed by atoms with Gasteiger partial charge in [0.1, 0.15) is 0 Å². The van der Waals surface area contributed by atoms with Gasteiger partial charge in [0.25, 0.3) is 0 Å². The summed E-state index contributed by atoms with van der Waals surface area (Å²) in [6.45, 7) is 0.664. The van der Waals surface area contributed by atoms with Crippen LogP contribution in [0.15, 0.2) is 77.7 Å². The summed E-state index contributed by atoms with van der Waals surface area (Å²) in [5, 5.41) is 13.2. The van der Waals surface area contributed by atoms with Crippen LogP contribution in [0.25, 0.3) is 0 Å². The summed E-state index contributed by atoms with van der Waals surface area (Å²) >= 11 is 11.9. The summed E-state index contributed by atoms with van der Waals surface area (Å²) in [6.07, 6.45) is 1.13. The summed E-state index contributed by atoms with van der Waals surface area (Å²) in [5.41, 5.74) is 2.47. The zero-order valence-corrected chi connectivity index (χ0v) is 20.7. The van der Waals surface area contributed by atoms with Gasteiger partial charge in [-0.1, -0.05) is 48.0 Å². The fourth-order valence-electron chi connectivity index (χ4n) is 3.57. The van der Waals surface area contributed by atoms with Gasteiger partial charge < -0.3 is 10.4 Å². The van der Waals surface area contributed by atoms with E-state index < -0.39 is 16.0 Å². The Morgan fingerprint density at radius 1 is 1.00 bits per heavy atom. The molecular formula is C25H26Cl2N2O4S. The molecule has 0 saturated carbocycles. The lowest BCUT2D eigenvalue weighted by atomic mass is 9.96. The standard InChI is InChI=1S/C25H26Cl2N2O4S/c26-14-12-20(17-28-24-7-2-1-6-23(24)25(30)31)19-4-3-5-22(16-19)34(32,33)29-15-13-18-8-10-21(27)11-9-18/h1-11,16,20,28-29H,12-15,17H2,(H,30,31). The minimum Gasteiger partial charge on any atom is -0.478 e. The number of alkyl halides is 1. The predicted octanol–water partition coefficient (Wildman–Crippen LogP) is 5.38. The van der Waals surface area contributed by atoms with E-state index in [2.05, 4.69) is 10.0 Å². The van der Waals surface area contributed by atoms with E-state index in [1.54, 1.807) is 48.5 Å². The highest BCUT2D eigenvalue weighted by Gasteiger charge is 2.18. The number of sulfonamides is 1. The highest BCUT2D eigenvalue weighted by molar-refractivity contribution is 7.89. The first-order valence-electron chi connectivity index (χ1n) is 10.8. The van der Waals surface area contributed by atoms with Gasteiger partial charge in [0.15, 0.2) is 0 Å². The van der Waals surface area contributed by atoms with Crippen LogP contribution in [0.2, 0.25) is 5.02 Å². The quantitative estimate of drug-likeness (QED) is 0.278. The molecule has 3 rings (SSSR count). The molecule has 1 unspecified atom stereocenters. The number of hydrogen-bond donors (Lipinski definition) is 3. The van der Waals surface area contributed by atoms with Crippen LogP contribution in [-0.2, 0) is 16.4 Å². The van der Waals surface area contributed by atoms with Crippen LogP contribution in [0.1, 0.15) is 33.8 Å². The Kier molecular flexibility index (Phi) is 9.36. The van der Waals surface area contributed by atoms with E-state index in [1.165, 1.54) is 6.07 Å². The molecule has 0 radical (unpaired) electrons. The molecule has 3 aromatic carbocycles. The maximum absolute atomic E-state index is 12.9. The predicted molar refractivity (Wildman–Crippen MR) is 137 cm³/mol. The second-order valence-electron chi connectivity index (χ2n) is 7.75. The second kappa shape index (κ2) is 12.2. The molecule has 3 aromatic rings. The number of halogens is 2. The van der Waals surface area contributed by atoms with Crippen molar-refractivity contribution < 1.29 is 18.3 Å². The van der Waals surface area contributed by atoms with Crippen molar-refractivity contribution in [3.05, 3.63) is 94.5 Å². The van der Waals surface area contributed by atoms with Crippen LogP contribution in [-0.4, -0.2) is 38.5 Å². The number of rotatable bonds is 12. The molecule has 6 nitrogen and oxygen atoms in total. The smallest absolute Gasteiger partial charge is 0.337 e. The molecular weight excluding hydrogens is 495 g/mol. The Hall–Kier alpha value is -2.58. The van der Waals surface area contributed by atoms with E-state index in [-0.39, 0.29) is 22.9 Å². The average Bonchev–Trinajstić information content (AvgIpc) is 2.83. The number of nitrogens with one attached hydrogen (secondary N) is 2. The molecule has 0 spiro atoms. The van der Waals surface area contributed by atoms with Crippen molar-refractivity contribution in [2.75, 3.05) is 24.3 Å². The van der Waals surface area contributed by atoms with Gasteiger partial charge in [-0.3, -0.25) is 0 Å². The Bertz CT molecular complexity index is 1220. The fourth-order valence-corrected chi connectivity index (χ4v) is 5.05. The highest BCUT2D eigenvalue weighted by Crippen LogP contribution is 2.25. The van der Waals surface area contributed by atoms with Gasteiger partial charge >= 0.3 is 5.97 Å². The summed E-state index contributed by atoms with van der Waals surface area (Å²) in [7, 11) is -3.70. The minimum absolute atomic E-state index is 0.108. The number of carboxylic acid groups (broad SMARTS) is 1. The molecule has 0 aliphatic heterocycles. The van der Waals surface area contributed by atoms with Crippen molar-refractivity contribution >= 4 is 44.9 Å². The Labute approximate surface area is 210 Å². The van der Waals surface area contributed by atoms with Crippen molar-refractivity contribution in [1.82, 2.24) is 4.72 Å². The molecule has 0 aliphatic rings. The van der Waals surface area contributed by atoms with E-state index in [4.69, 9.17) is 23.2 Å². The monoisotopic (exact) mass is 520 g/mol. The molecule has 0 aliphatic carbocycles. The molecule has 9 heteroatoms. The number of carboxylic acids is 1. The second-order valence-corrected chi connectivity index (χ2v) is 10.3. The Morgan fingerprint density at radius 3 is 2.44 bits per heavy atom. The van der Waals surface area contributed by atoms with Gasteiger partial charge in [-0.05, 0) is 60.4 Å².